The number of nitrogens with zero attached hydrogens (tertiary/aromatic N) is 3. The van der Waals surface area contributed by atoms with Gasteiger partial charge in [-0.05, 0) is 62.4 Å². The van der Waals surface area contributed by atoms with E-state index in [0.717, 1.165) is 43.2 Å². The molecule has 35 heavy (non-hydrogen) atoms. The molecular formula is C26H31N5O4. The minimum Gasteiger partial charge on any atom is -0.490 e. The standard InChI is InChI=1S/C26H31N5O4/c1-26(2,24(32)33-3)17-35-23-9-4-18(16-21(23)27)22-10-11-28-25(30-22)29-19-5-7-20(8-6-19)31-12-14-34-15-13-31/h4-11,16H,12-15,17,27H2,1-3H3,(H,28,29,30). The highest BCUT2D eigenvalue weighted by atomic mass is 16.5. The van der Waals surface area contributed by atoms with Crippen LogP contribution in [0.4, 0.5) is 23.0 Å². The maximum absolute atomic E-state index is 11.9. The summed E-state index contributed by atoms with van der Waals surface area (Å²) in [5.41, 5.74) is 9.51. The number of nitrogen functional groups attached to an aromatic ring is 1. The van der Waals surface area contributed by atoms with Gasteiger partial charge in [-0.25, -0.2) is 9.97 Å². The lowest BCUT2D eigenvalue weighted by molar-refractivity contribution is -0.152. The number of hydrogen-bond donors (Lipinski definition) is 2. The highest BCUT2D eigenvalue weighted by Gasteiger charge is 2.30. The molecule has 0 spiro atoms. The summed E-state index contributed by atoms with van der Waals surface area (Å²) in [7, 11) is 1.36. The summed E-state index contributed by atoms with van der Waals surface area (Å²) in [6, 6.07) is 15.5. The van der Waals surface area contributed by atoms with Crippen molar-refractivity contribution in [2.45, 2.75) is 13.8 Å². The number of hydrogen-bond acceptors (Lipinski definition) is 9. The summed E-state index contributed by atoms with van der Waals surface area (Å²) >= 11 is 0. The van der Waals surface area contributed by atoms with Crippen LogP contribution in [-0.2, 0) is 14.3 Å². The van der Waals surface area contributed by atoms with Gasteiger partial charge in [-0.3, -0.25) is 4.79 Å². The van der Waals surface area contributed by atoms with Crippen LogP contribution in [-0.4, -0.2) is 56.0 Å². The molecule has 1 fully saturated rings. The molecule has 4 rings (SSSR count). The molecule has 3 N–H and O–H groups in total. The van der Waals surface area contributed by atoms with E-state index >= 15 is 0 Å². The van der Waals surface area contributed by atoms with Gasteiger partial charge in [0.2, 0.25) is 5.95 Å². The first kappa shape index (κ1) is 24.3. The summed E-state index contributed by atoms with van der Waals surface area (Å²) in [5, 5.41) is 3.26. The number of esters is 1. The zero-order valence-electron chi connectivity index (χ0n) is 20.3. The molecular weight excluding hydrogens is 446 g/mol. The molecule has 2 aromatic carbocycles. The number of morpholine rings is 1. The van der Waals surface area contributed by atoms with Crippen molar-refractivity contribution in [3.63, 3.8) is 0 Å². The number of methoxy groups -OCH3 is 1. The molecule has 0 amide bonds. The lowest BCUT2D eigenvalue weighted by Crippen LogP contribution is -2.36. The fourth-order valence-electron chi connectivity index (χ4n) is 3.72. The van der Waals surface area contributed by atoms with Crippen molar-refractivity contribution in [1.29, 1.82) is 0 Å². The van der Waals surface area contributed by atoms with E-state index in [0.29, 0.717) is 17.4 Å². The Morgan fingerprint density at radius 1 is 1.14 bits per heavy atom. The lowest BCUT2D eigenvalue weighted by atomic mass is 9.95. The Morgan fingerprint density at radius 2 is 1.89 bits per heavy atom. The lowest BCUT2D eigenvalue weighted by Gasteiger charge is -2.28. The number of anilines is 4. The van der Waals surface area contributed by atoms with Crippen molar-refractivity contribution in [2.24, 2.45) is 5.41 Å². The topological polar surface area (TPSA) is 112 Å². The third-order valence-corrected chi connectivity index (χ3v) is 5.79. The summed E-state index contributed by atoms with van der Waals surface area (Å²) in [5.74, 6) is 0.642. The molecule has 2 heterocycles. The van der Waals surface area contributed by atoms with E-state index in [1.165, 1.54) is 12.8 Å². The molecule has 0 radical (unpaired) electrons. The van der Waals surface area contributed by atoms with Crippen LogP contribution in [0, 0.1) is 5.41 Å². The third kappa shape index (κ3) is 5.99. The number of carbonyl (C=O) groups excluding carboxylic acids is 1. The van der Waals surface area contributed by atoms with Gasteiger partial charge in [-0.2, -0.15) is 0 Å². The molecule has 1 aromatic heterocycles. The van der Waals surface area contributed by atoms with E-state index < -0.39 is 5.41 Å². The first-order valence-corrected chi connectivity index (χ1v) is 11.5. The van der Waals surface area contributed by atoms with Crippen molar-refractivity contribution in [2.75, 3.05) is 56.0 Å². The second kappa shape index (κ2) is 10.6. The van der Waals surface area contributed by atoms with Crippen LogP contribution in [0.3, 0.4) is 0 Å². The van der Waals surface area contributed by atoms with E-state index in [2.05, 4.69) is 32.3 Å². The Labute approximate surface area is 205 Å². The molecule has 0 unspecified atom stereocenters. The van der Waals surface area contributed by atoms with E-state index in [9.17, 15) is 4.79 Å². The summed E-state index contributed by atoms with van der Waals surface area (Å²) in [6.45, 7) is 6.97. The highest BCUT2D eigenvalue weighted by molar-refractivity contribution is 5.76. The summed E-state index contributed by atoms with van der Waals surface area (Å²) in [4.78, 5) is 23.2. The van der Waals surface area contributed by atoms with E-state index in [1.807, 2.05) is 24.3 Å². The Kier molecular flexibility index (Phi) is 7.36. The maximum Gasteiger partial charge on any atom is 0.314 e. The van der Waals surface area contributed by atoms with Crippen LogP contribution < -0.4 is 20.7 Å². The zero-order chi connectivity index (χ0) is 24.8. The quantitative estimate of drug-likeness (QED) is 0.369. The summed E-state index contributed by atoms with van der Waals surface area (Å²) < 4.78 is 16.0. The van der Waals surface area contributed by atoms with Crippen LogP contribution in [0.1, 0.15) is 13.8 Å². The van der Waals surface area contributed by atoms with Crippen LogP contribution in [0.5, 0.6) is 5.75 Å². The Bertz CT molecular complexity index is 1160. The van der Waals surface area contributed by atoms with E-state index in [4.69, 9.17) is 19.9 Å². The number of ether oxygens (including phenoxy) is 3. The first-order valence-electron chi connectivity index (χ1n) is 11.5. The fourth-order valence-corrected chi connectivity index (χ4v) is 3.72. The molecule has 9 nitrogen and oxygen atoms in total. The van der Waals surface area contributed by atoms with Crippen molar-refractivity contribution in [1.82, 2.24) is 9.97 Å². The molecule has 3 aromatic rings. The molecule has 0 aliphatic carbocycles. The average Bonchev–Trinajstić information content (AvgIpc) is 2.88. The molecule has 0 saturated carbocycles. The van der Waals surface area contributed by atoms with Crippen molar-refractivity contribution in [3.05, 3.63) is 54.7 Å². The largest absolute Gasteiger partial charge is 0.490 e. The van der Waals surface area contributed by atoms with Gasteiger partial charge in [0.05, 0.1) is 37.1 Å². The zero-order valence-corrected chi connectivity index (χ0v) is 20.3. The number of carbonyl (C=O) groups is 1. The van der Waals surface area contributed by atoms with Crippen LogP contribution >= 0.6 is 0 Å². The molecule has 1 aliphatic rings. The Hall–Kier alpha value is -3.85. The molecule has 0 atom stereocenters. The predicted octanol–water partition coefficient (Wildman–Crippen LogP) is 3.88. The summed E-state index contributed by atoms with van der Waals surface area (Å²) in [6.07, 6.45) is 1.70. The van der Waals surface area contributed by atoms with Crippen molar-refractivity contribution < 1.29 is 19.0 Å². The van der Waals surface area contributed by atoms with Crippen molar-refractivity contribution in [3.8, 4) is 17.0 Å². The monoisotopic (exact) mass is 477 g/mol. The van der Waals surface area contributed by atoms with Gasteiger partial charge in [0.1, 0.15) is 12.4 Å². The molecule has 1 saturated heterocycles. The minimum atomic E-state index is -0.784. The Morgan fingerprint density at radius 3 is 2.57 bits per heavy atom. The second-order valence-corrected chi connectivity index (χ2v) is 8.95. The molecule has 184 valence electrons. The van der Waals surface area contributed by atoms with Gasteiger partial charge >= 0.3 is 5.97 Å². The minimum absolute atomic E-state index is 0.148. The normalized spacial score (nSPS) is 13.9. The van der Waals surface area contributed by atoms with Crippen LogP contribution in [0.15, 0.2) is 54.7 Å². The number of aromatic nitrogens is 2. The molecule has 1 aliphatic heterocycles. The second-order valence-electron chi connectivity index (χ2n) is 8.95. The van der Waals surface area contributed by atoms with Crippen LogP contribution in [0.2, 0.25) is 0 Å². The molecule has 9 heteroatoms. The van der Waals surface area contributed by atoms with Gasteiger partial charge < -0.3 is 30.2 Å². The number of rotatable bonds is 8. The average molecular weight is 478 g/mol. The van der Waals surface area contributed by atoms with Gasteiger partial charge in [0.15, 0.2) is 0 Å². The smallest absolute Gasteiger partial charge is 0.314 e. The third-order valence-electron chi connectivity index (χ3n) is 5.79. The highest BCUT2D eigenvalue weighted by Crippen LogP contribution is 2.30. The predicted molar refractivity (Wildman–Crippen MR) is 136 cm³/mol. The van der Waals surface area contributed by atoms with Gasteiger partial charge in [0.25, 0.3) is 0 Å². The first-order chi connectivity index (χ1) is 16.9. The van der Waals surface area contributed by atoms with E-state index in [1.54, 1.807) is 32.2 Å². The Balaban J connectivity index is 1.43. The van der Waals surface area contributed by atoms with Gasteiger partial charge in [-0.15, -0.1) is 0 Å². The number of benzene rings is 2. The SMILES string of the molecule is COC(=O)C(C)(C)COc1ccc(-c2ccnc(Nc3ccc(N4CCOCC4)cc3)n2)cc1N. The van der Waals surface area contributed by atoms with E-state index in [-0.39, 0.29) is 12.6 Å². The maximum atomic E-state index is 11.9. The van der Waals surface area contributed by atoms with Crippen molar-refractivity contribution >= 4 is 29.0 Å². The van der Waals surface area contributed by atoms with Gasteiger partial charge in [-0.1, -0.05) is 0 Å². The number of nitrogens with one attached hydrogen (secondary N) is 1. The van der Waals surface area contributed by atoms with Gasteiger partial charge in [0, 0.05) is 36.2 Å². The molecule has 0 bridgehead atoms. The number of nitrogens with two attached hydrogens (primary N) is 1. The fraction of sp³-hybridized carbons (Fsp3) is 0.346. The van der Waals surface area contributed by atoms with Crippen LogP contribution in [0.25, 0.3) is 11.3 Å².